The van der Waals surface area contributed by atoms with Crippen LogP contribution in [0.2, 0.25) is 0 Å². The van der Waals surface area contributed by atoms with Crippen LogP contribution in [0, 0.1) is 0 Å². The first-order valence-corrected chi connectivity index (χ1v) is 4.58. The average molecular weight is 172 g/mol. The number of thioether (sulfide) groups is 1. The average Bonchev–Trinajstić information content (AvgIpc) is 1.99. The van der Waals surface area contributed by atoms with Gasteiger partial charge < -0.3 is 10.6 Å². The molecule has 62 valence electrons. The molecule has 1 aliphatic heterocycles. The Morgan fingerprint density at radius 1 is 1.82 bits per heavy atom. The molecule has 0 aromatic carbocycles. The molecule has 1 aliphatic rings. The molecule has 0 atom stereocenters. The Labute approximate surface area is 70.6 Å². The largest absolute Gasteiger partial charge is 0.330 e. The molecule has 0 saturated heterocycles. The molecular weight excluding hydrogens is 160 g/mol. The van der Waals surface area contributed by atoms with E-state index in [4.69, 9.17) is 5.73 Å². The van der Waals surface area contributed by atoms with E-state index in [1.165, 1.54) is 0 Å². The molecule has 11 heavy (non-hydrogen) atoms. The summed E-state index contributed by atoms with van der Waals surface area (Å²) >= 11 is 1.55. The fourth-order valence-corrected chi connectivity index (χ4v) is 1.81. The Bertz CT molecular complexity index is 191. The van der Waals surface area contributed by atoms with Crippen LogP contribution < -0.4 is 5.73 Å². The number of amides is 1. The molecule has 1 rings (SSSR count). The van der Waals surface area contributed by atoms with Gasteiger partial charge in [-0.1, -0.05) is 0 Å². The molecule has 1 amide bonds. The van der Waals surface area contributed by atoms with Gasteiger partial charge in [0, 0.05) is 19.2 Å². The predicted molar refractivity (Wildman–Crippen MR) is 47.0 cm³/mol. The second-order valence-electron chi connectivity index (χ2n) is 2.41. The van der Waals surface area contributed by atoms with E-state index in [0.717, 1.165) is 12.1 Å². The highest BCUT2D eigenvalue weighted by atomic mass is 32.2. The van der Waals surface area contributed by atoms with Gasteiger partial charge in [-0.15, -0.1) is 11.8 Å². The molecule has 0 unspecified atom stereocenters. The third kappa shape index (κ3) is 1.97. The van der Waals surface area contributed by atoms with Crippen molar-refractivity contribution in [3.8, 4) is 0 Å². The molecule has 1 heterocycles. The summed E-state index contributed by atoms with van der Waals surface area (Å²) in [5, 5.41) is 2.01. The maximum atomic E-state index is 11.1. The van der Waals surface area contributed by atoms with E-state index in [1.54, 1.807) is 23.7 Å². The standard InChI is InChI=1S/C7H12N2OS/c1-9-6(2-3-8)4-11-5-7(9)10/h4H,2-3,5,8H2,1H3. The molecule has 0 radical (unpaired) electrons. The number of rotatable bonds is 2. The van der Waals surface area contributed by atoms with Gasteiger partial charge in [0.2, 0.25) is 5.91 Å². The second kappa shape index (κ2) is 3.78. The zero-order valence-corrected chi connectivity index (χ0v) is 7.36. The molecule has 0 aromatic rings. The van der Waals surface area contributed by atoms with Crippen LogP contribution in [0.25, 0.3) is 0 Å². The lowest BCUT2D eigenvalue weighted by Gasteiger charge is -2.23. The molecule has 0 fully saturated rings. The summed E-state index contributed by atoms with van der Waals surface area (Å²) in [6, 6.07) is 0. The first-order valence-electron chi connectivity index (χ1n) is 3.53. The van der Waals surface area contributed by atoms with Crippen LogP contribution in [-0.2, 0) is 4.79 Å². The molecule has 0 aromatic heterocycles. The van der Waals surface area contributed by atoms with E-state index >= 15 is 0 Å². The third-order valence-corrected chi connectivity index (χ3v) is 2.48. The number of carbonyl (C=O) groups excluding carboxylic acids is 1. The van der Waals surface area contributed by atoms with Gasteiger partial charge >= 0.3 is 0 Å². The summed E-state index contributed by atoms with van der Waals surface area (Å²) < 4.78 is 0. The van der Waals surface area contributed by atoms with Crippen molar-refractivity contribution in [3.05, 3.63) is 11.1 Å². The predicted octanol–water partition coefficient (Wildman–Crippen LogP) is 0.382. The summed E-state index contributed by atoms with van der Waals surface area (Å²) in [5.74, 6) is 0.728. The van der Waals surface area contributed by atoms with Crippen molar-refractivity contribution in [1.82, 2.24) is 4.90 Å². The van der Waals surface area contributed by atoms with Crippen molar-refractivity contribution < 1.29 is 4.79 Å². The van der Waals surface area contributed by atoms with Gasteiger partial charge in [0.1, 0.15) is 0 Å². The van der Waals surface area contributed by atoms with Crippen molar-refractivity contribution in [2.75, 3.05) is 19.3 Å². The topological polar surface area (TPSA) is 46.3 Å². The van der Waals surface area contributed by atoms with Gasteiger partial charge in [-0.2, -0.15) is 0 Å². The summed E-state index contributed by atoms with van der Waals surface area (Å²) in [5.41, 5.74) is 6.41. The van der Waals surface area contributed by atoms with E-state index in [1.807, 2.05) is 5.41 Å². The van der Waals surface area contributed by atoms with E-state index in [9.17, 15) is 4.79 Å². The fourth-order valence-electron chi connectivity index (χ4n) is 0.920. The second-order valence-corrected chi connectivity index (χ2v) is 3.27. The van der Waals surface area contributed by atoms with Gasteiger partial charge in [0.05, 0.1) is 5.75 Å². The van der Waals surface area contributed by atoms with E-state index in [-0.39, 0.29) is 5.91 Å². The van der Waals surface area contributed by atoms with Crippen molar-refractivity contribution in [2.45, 2.75) is 6.42 Å². The van der Waals surface area contributed by atoms with E-state index in [0.29, 0.717) is 12.3 Å². The minimum Gasteiger partial charge on any atom is -0.330 e. The summed E-state index contributed by atoms with van der Waals surface area (Å²) in [6.07, 6.45) is 0.787. The Morgan fingerprint density at radius 2 is 2.55 bits per heavy atom. The lowest BCUT2D eigenvalue weighted by atomic mass is 10.3. The Hall–Kier alpha value is -0.480. The van der Waals surface area contributed by atoms with Crippen LogP contribution in [-0.4, -0.2) is 30.2 Å². The van der Waals surface area contributed by atoms with Crippen molar-refractivity contribution in [3.63, 3.8) is 0 Å². The zero-order valence-electron chi connectivity index (χ0n) is 6.54. The van der Waals surface area contributed by atoms with Gasteiger partial charge in [-0.3, -0.25) is 4.79 Å². The Morgan fingerprint density at radius 3 is 3.18 bits per heavy atom. The fraction of sp³-hybridized carbons (Fsp3) is 0.571. The molecular formula is C7H12N2OS. The third-order valence-electron chi connectivity index (χ3n) is 1.63. The smallest absolute Gasteiger partial charge is 0.236 e. The highest BCUT2D eigenvalue weighted by molar-refractivity contribution is 8.02. The number of hydrogen-bond donors (Lipinski definition) is 1. The van der Waals surface area contributed by atoms with Gasteiger partial charge in [-0.05, 0) is 12.0 Å². The van der Waals surface area contributed by atoms with Crippen molar-refractivity contribution in [2.24, 2.45) is 5.73 Å². The summed E-state index contributed by atoms with van der Waals surface area (Å²) in [7, 11) is 1.80. The highest BCUT2D eigenvalue weighted by Crippen LogP contribution is 2.19. The number of hydrogen-bond acceptors (Lipinski definition) is 3. The van der Waals surface area contributed by atoms with Crippen LogP contribution >= 0.6 is 11.8 Å². The highest BCUT2D eigenvalue weighted by Gasteiger charge is 2.16. The van der Waals surface area contributed by atoms with Crippen LogP contribution in [0.1, 0.15) is 6.42 Å². The SMILES string of the molecule is CN1C(=O)CSC=C1CCN. The lowest BCUT2D eigenvalue weighted by molar-refractivity contribution is -0.125. The van der Waals surface area contributed by atoms with Crippen LogP contribution in [0.5, 0.6) is 0 Å². The van der Waals surface area contributed by atoms with Crippen molar-refractivity contribution in [1.29, 1.82) is 0 Å². The van der Waals surface area contributed by atoms with Crippen LogP contribution in [0.3, 0.4) is 0 Å². The number of carbonyl (C=O) groups is 1. The summed E-state index contributed by atoms with van der Waals surface area (Å²) in [4.78, 5) is 12.8. The van der Waals surface area contributed by atoms with Gasteiger partial charge in [-0.25, -0.2) is 0 Å². The number of nitrogens with zero attached hydrogens (tertiary/aromatic N) is 1. The molecule has 2 N–H and O–H groups in total. The molecule has 4 heteroatoms. The minimum atomic E-state index is 0.168. The monoisotopic (exact) mass is 172 g/mol. The summed E-state index contributed by atoms with van der Waals surface area (Å²) in [6.45, 7) is 0.601. The first-order chi connectivity index (χ1) is 5.25. The first kappa shape index (κ1) is 8.62. The van der Waals surface area contributed by atoms with E-state index in [2.05, 4.69) is 0 Å². The minimum absolute atomic E-state index is 0.168. The lowest BCUT2D eigenvalue weighted by Crippen LogP contribution is -2.30. The molecule has 0 bridgehead atoms. The maximum absolute atomic E-state index is 11.1. The number of nitrogens with two attached hydrogens (primary N) is 1. The zero-order chi connectivity index (χ0) is 8.27. The van der Waals surface area contributed by atoms with Gasteiger partial charge in [0.15, 0.2) is 0 Å². The molecule has 3 nitrogen and oxygen atoms in total. The maximum Gasteiger partial charge on any atom is 0.236 e. The van der Waals surface area contributed by atoms with Crippen LogP contribution in [0.15, 0.2) is 11.1 Å². The Kier molecular flexibility index (Phi) is 2.96. The quantitative estimate of drug-likeness (QED) is 0.655. The Balaban J connectivity index is 2.62. The normalized spacial score (nSPS) is 18.5. The molecule has 0 saturated carbocycles. The molecule has 0 aliphatic carbocycles. The van der Waals surface area contributed by atoms with Gasteiger partial charge in [0.25, 0.3) is 0 Å². The molecule has 0 spiro atoms. The van der Waals surface area contributed by atoms with E-state index < -0.39 is 0 Å². The van der Waals surface area contributed by atoms with Crippen LogP contribution in [0.4, 0.5) is 0 Å². The van der Waals surface area contributed by atoms with Crippen molar-refractivity contribution >= 4 is 17.7 Å².